The normalized spacial score (nSPS) is 34.3. The van der Waals surface area contributed by atoms with Crippen LogP contribution >= 0.6 is 0 Å². The zero-order valence-electron chi connectivity index (χ0n) is 6.93. The summed E-state index contributed by atoms with van der Waals surface area (Å²) in [4.78, 5) is 10.8. The molecule has 0 aromatic rings. The Morgan fingerprint density at radius 2 is 2.27 bits per heavy atom. The average molecular weight is 154 g/mol. The summed E-state index contributed by atoms with van der Waals surface area (Å²) in [5.74, 6) is 0.446. The van der Waals surface area contributed by atoms with E-state index < -0.39 is 0 Å². The van der Waals surface area contributed by atoms with Crippen LogP contribution in [0.15, 0.2) is 0 Å². The molecule has 2 fully saturated rings. The fourth-order valence-electron chi connectivity index (χ4n) is 2.46. The predicted octanol–water partition coefficient (Wildman–Crippen LogP) is 1.53. The van der Waals surface area contributed by atoms with Crippen LogP contribution in [0.2, 0.25) is 0 Å². The molecule has 2 saturated carbocycles. The number of ketones is 1. The lowest BCUT2D eigenvalue weighted by atomic mass is 9.67. The standard InChI is InChI=1S/C9H14O2/c1-11-8-2-3-9(6-8)4-7(10)5-9/h8H,2-6H2,1H3. The van der Waals surface area contributed by atoms with Gasteiger partial charge in [-0.3, -0.25) is 4.79 Å². The highest BCUT2D eigenvalue weighted by molar-refractivity contribution is 5.86. The molecular weight excluding hydrogens is 140 g/mol. The van der Waals surface area contributed by atoms with Crippen molar-refractivity contribution in [2.24, 2.45) is 5.41 Å². The Morgan fingerprint density at radius 1 is 1.55 bits per heavy atom. The van der Waals surface area contributed by atoms with E-state index in [1.807, 2.05) is 0 Å². The first kappa shape index (κ1) is 7.29. The third-order valence-corrected chi connectivity index (χ3v) is 3.13. The van der Waals surface area contributed by atoms with E-state index in [-0.39, 0.29) is 0 Å². The van der Waals surface area contributed by atoms with Gasteiger partial charge in [0.05, 0.1) is 6.10 Å². The minimum absolute atomic E-state index is 0.387. The molecule has 2 nitrogen and oxygen atoms in total. The Morgan fingerprint density at radius 3 is 2.73 bits per heavy atom. The van der Waals surface area contributed by atoms with Gasteiger partial charge in [-0.2, -0.15) is 0 Å². The number of carbonyl (C=O) groups excluding carboxylic acids is 1. The Labute approximate surface area is 66.9 Å². The quantitative estimate of drug-likeness (QED) is 0.572. The van der Waals surface area contributed by atoms with Gasteiger partial charge in [-0.1, -0.05) is 0 Å². The summed E-state index contributed by atoms with van der Waals surface area (Å²) in [6.45, 7) is 0. The van der Waals surface area contributed by atoms with Crippen molar-refractivity contribution < 1.29 is 9.53 Å². The van der Waals surface area contributed by atoms with Crippen molar-refractivity contribution in [1.29, 1.82) is 0 Å². The van der Waals surface area contributed by atoms with Crippen LogP contribution in [-0.4, -0.2) is 19.0 Å². The van der Waals surface area contributed by atoms with Gasteiger partial charge in [0.15, 0.2) is 0 Å². The van der Waals surface area contributed by atoms with Crippen molar-refractivity contribution in [3.8, 4) is 0 Å². The zero-order valence-corrected chi connectivity index (χ0v) is 6.93. The summed E-state index contributed by atoms with van der Waals surface area (Å²) in [5, 5.41) is 0. The third kappa shape index (κ3) is 1.09. The van der Waals surface area contributed by atoms with Crippen LogP contribution in [-0.2, 0) is 9.53 Å². The molecule has 0 aromatic carbocycles. The lowest BCUT2D eigenvalue weighted by Crippen LogP contribution is -2.35. The number of carbonyl (C=O) groups is 1. The maximum atomic E-state index is 10.8. The maximum Gasteiger partial charge on any atom is 0.134 e. The van der Waals surface area contributed by atoms with E-state index in [0.29, 0.717) is 17.3 Å². The van der Waals surface area contributed by atoms with Gasteiger partial charge in [-0.05, 0) is 24.7 Å². The molecule has 0 aromatic heterocycles. The highest BCUT2D eigenvalue weighted by atomic mass is 16.5. The van der Waals surface area contributed by atoms with Crippen LogP contribution in [0.5, 0.6) is 0 Å². The van der Waals surface area contributed by atoms with Crippen molar-refractivity contribution in [3.63, 3.8) is 0 Å². The van der Waals surface area contributed by atoms with Crippen LogP contribution in [0.3, 0.4) is 0 Å². The average Bonchev–Trinajstić information content (AvgIpc) is 2.31. The second kappa shape index (κ2) is 2.31. The van der Waals surface area contributed by atoms with Gasteiger partial charge in [0, 0.05) is 20.0 Å². The van der Waals surface area contributed by atoms with E-state index >= 15 is 0 Å². The molecule has 1 spiro atoms. The van der Waals surface area contributed by atoms with Crippen molar-refractivity contribution >= 4 is 5.78 Å². The first-order valence-electron chi connectivity index (χ1n) is 4.29. The van der Waals surface area contributed by atoms with Crippen molar-refractivity contribution in [1.82, 2.24) is 0 Å². The maximum absolute atomic E-state index is 10.8. The monoisotopic (exact) mass is 154 g/mol. The second-order valence-corrected chi connectivity index (χ2v) is 3.99. The summed E-state index contributed by atoms with van der Waals surface area (Å²) in [5.41, 5.74) is 0.387. The van der Waals surface area contributed by atoms with E-state index in [9.17, 15) is 4.79 Å². The molecular formula is C9H14O2. The fourth-order valence-corrected chi connectivity index (χ4v) is 2.46. The summed E-state index contributed by atoms with van der Waals surface area (Å²) in [6.07, 6.45) is 5.57. The number of methoxy groups -OCH3 is 1. The lowest BCUT2D eigenvalue weighted by molar-refractivity contribution is -0.132. The van der Waals surface area contributed by atoms with Crippen LogP contribution in [0.1, 0.15) is 32.1 Å². The van der Waals surface area contributed by atoms with Crippen molar-refractivity contribution in [2.45, 2.75) is 38.2 Å². The van der Waals surface area contributed by atoms with E-state index in [4.69, 9.17) is 4.74 Å². The molecule has 0 amide bonds. The zero-order chi connectivity index (χ0) is 7.90. The van der Waals surface area contributed by atoms with E-state index in [2.05, 4.69) is 0 Å². The summed E-state index contributed by atoms with van der Waals surface area (Å²) in [6, 6.07) is 0. The minimum Gasteiger partial charge on any atom is -0.381 e. The Bertz CT molecular complexity index is 178. The van der Waals surface area contributed by atoms with Gasteiger partial charge in [-0.15, -0.1) is 0 Å². The minimum atomic E-state index is 0.387. The van der Waals surface area contributed by atoms with Gasteiger partial charge >= 0.3 is 0 Å². The summed E-state index contributed by atoms with van der Waals surface area (Å²) >= 11 is 0. The molecule has 11 heavy (non-hydrogen) atoms. The molecule has 62 valence electrons. The van der Waals surface area contributed by atoms with Crippen LogP contribution < -0.4 is 0 Å². The Balaban J connectivity index is 1.94. The molecule has 2 rings (SSSR count). The topological polar surface area (TPSA) is 26.3 Å². The van der Waals surface area contributed by atoms with Crippen molar-refractivity contribution in [3.05, 3.63) is 0 Å². The van der Waals surface area contributed by atoms with E-state index in [1.54, 1.807) is 7.11 Å². The first-order valence-corrected chi connectivity index (χ1v) is 4.29. The number of hydrogen-bond acceptors (Lipinski definition) is 2. The number of Topliss-reactive ketones (excluding diaryl/α,β-unsaturated/α-hetero) is 1. The first-order chi connectivity index (χ1) is 5.24. The molecule has 0 radical (unpaired) electrons. The Hall–Kier alpha value is -0.370. The molecule has 0 aliphatic heterocycles. The van der Waals surface area contributed by atoms with E-state index in [0.717, 1.165) is 25.7 Å². The highest BCUT2D eigenvalue weighted by Crippen LogP contribution is 2.51. The molecule has 0 saturated heterocycles. The lowest BCUT2D eigenvalue weighted by Gasteiger charge is -2.36. The van der Waals surface area contributed by atoms with Crippen LogP contribution in [0.25, 0.3) is 0 Å². The molecule has 2 aliphatic carbocycles. The van der Waals surface area contributed by atoms with Crippen LogP contribution in [0.4, 0.5) is 0 Å². The molecule has 0 bridgehead atoms. The van der Waals surface area contributed by atoms with Gasteiger partial charge in [0.25, 0.3) is 0 Å². The SMILES string of the molecule is COC1CCC2(CC(=O)C2)C1. The van der Waals surface area contributed by atoms with Gasteiger partial charge < -0.3 is 4.74 Å². The summed E-state index contributed by atoms with van der Waals surface area (Å²) < 4.78 is 5.27. The van der Waals surface area contributed by atoms with Gasteiger partial charge in [0.1, 0.15) is 5.78 Å². The fraction of sp³-hybridized carbons (Fsp3) is 0.889. The predicted molar refractivity (Wildman–Crippen MR) is 41.3 cm³/mol. The number of rotatable bonds is 1. The van der Waals surface area contributed by atoms with Gasteiger partial charge in [0.2, 0.25) is 0 Å². The van der Waals surface area contributed by atoms with Gasteiger partial charge in [-0.25, -0.2) is 0 Å². The third-order valence-electron chi connectivity index (χ3n) is 3.13. The summed E-state index contributed by atoms with van der Waals surface area (Å²) in [7, 11) is 1.77. The number of ether oxygens (including phenoxy) is 1. The highest BCUT2D eigenvalue weighted by Gasteiger charge is 2.48. The van der Waals surface area contributed by atoms with Crippen molar-refractivity contribution in [2.75, 3.05) is 7.11 Å². The molecule has 2 heteroatoms. The Kier molecular flexibility index (Phi) is 1.53. The largest absolute Gasteiger partial charge is 0.381 e. The second-order valence-electron chi connectivity index (χ2n) is 3.99. The molecule has 0 N–H and O–H groups in total. The molecule has 0 heterocycles. The van der Waals surface area contributed by atoms with E-state index in [1.165, 1.54) is 6.42 Å². The number of hydrogen-bond donors (Lipinski definition) is 0. The molecule has 1 unspecified atom stereocenters. The molecule has 2 aliphatic rings. The smallest absolute Gasteiger partial charge is 0.134 e. The molecule has 1 atom stereocenters. The van der Waals surface area contributed by atoms with Crippen LogP contribution in [0, 0.1) is 5.41 Å².